The Morgan fingerprint density at radius 2 is 1.41 bits per heavy atom. The smallest absolute Gasteiger partial charge is 0.250 e. The molecule has 1 fully saturated rings. The highest BCUT2D eigenvalue weighted by Crippen LogP contribution is 2.31. The van der Waals surface area contributed by atoms with Gasteiger partial charge < -0.3 is 9.80 Å². The van der Waals surface area contributed by atoms with Crippen molar-refractivity contribution < 1.29 is 0 Å². The van der Waals surface area contributed by atoms with Crippen molar-refractivity contribution in [3.8, 4) is 11.1 Å². The van der Waals surface area contributed by atoms with Crippen LogP contribution in [0.3, 0.4) is 0 Å². The summed E-state index contributed by atoms with van der Waals surface area (Å²) in [5, 5.41) is 0. The van der Waals surface area contributed by atoms with Gasteiger partial charge in [-0.15, -0.1) is 0 Å². The van der Waals surface area contributed by atoms with Gasteiger partial charge in [-0.25, -0.2) is 0 Å². The summed E-state index contributed by atoms with van der Waals surface area (Å²) in [7, 11) is 2.08. The molecule has 4 heteroatoms. The van der Waals surface area contributed by atoms with Crippen molar-refractivity contribution in [1.29, 1.82) is 0 Å². The molecule has 1 heterocycles. The van der Waals surface area contributed by atoms with Crippen molar-refractivity contribution in [2.45, 2.75) is 20.8 Å². The van der Waals surface area contributed by atoms with Gasteiger partial charge in [-0.2, -0.15) is 0 Å². The molecule has 0 atom stereocenters. The fraction of sp³-hybridized carbons (Fsp3) is 0.444. The average Bonchev–Trinajstić information content (AvgIpc) is 2.49. The molecule has 0 aliphatic carbocycles. The van der Waals surface area contributed by atoms with Gasteiger partial charge in [0.1, 0.15) is 5.69 Å². The quantitative estimate of drug-likeness (QED) is 0.790. The van der Waals surface area contributed by atoms with E-state index in [0.29, 0.717) is 11.3 Å². The summed E-state index contributed by atoms with van der Waals surface area (Å²) >= 11 is 0. The lowest BCUT2D eigenvalue weighted by molar-refractivity contribution is 0.312. The highest BCUT2D eigenvalue weighted by atomic mass is 16.2. The Balaban J connectivity index is 2.07. The van der Waals surface area contributed by atoms with Gasteiger partial charge >= 0.3 is 0 Å². The summed E-state index contributed by atoms with van der Waals surface area (Å²) in [6, 6.07) is 4.13. The molecule has 0 N–H and O–H groups in total. The van der Waals surface area contributed by atoms with Crippen molar-refractivity contribution in [2.24, 2.45) is 0 Å². The van der Waals surface area contributed by atoms with Gasteiger partial charge in [0.25, 0.3) is 0 Å². The third kappa shape index (κ3) is 2.28. The van der Waals surface area contributed by atoms with E-state index < -0.39 is 0 Å². The van der Waals surface area contributed by atoms with Gasteiger partial charge in [-0.3, -0.25) is 9.59 Å². The van der Waals surface area contributed by atoms with E-state index in [9.17, 15) is 9.59 Å². The van der Waals surface area contributed by atoms with Crippen molar-refractivity contribution >= 4 is 5.69 Å². The second-order valence-electron chi connectivity index (χ2n) is 6.42. The molecule has 1 aliphatic rings. The van der Waals surface area contributed by atoms with Crippen molar-refractivity contribution in [1.82, 2.24) is 4.90 Å². The Morgan fingerprint density at radius 3 is 2.05 bits per heavy atom. The van der Waals surface area contributed by atoms with Crippen LogP contribution >= 0.6 is 0 Å². The first kappa shape index (κ1) is 15.0. The zero-order chi connectivity index (χ0) is 16.0. The second-order valence-corrected chi connectivity index (χ2v) is 6.42. The van der Waals surface area contributed by atoms with Crippen LogP contribution in [-0.2, 0) is 0 Å². The minimum absolute atomic E-state index is 0.322. The fourth-order valence-electron chi connectivity index (χ4n) is 3.19. The summed E-state index contributed by atoms with van der Waals surface area (Å²) in [6.45, 7) is 9.56. The summed E-state index contributed by atoms with van der Waals surface area (Å²) in [4.78, 5) is 28.6. The number of likely N-dealkylation sites (N-methyl/N-ethyl adjacent to an activating group) is 1. The lowest BCUT2D eigenvalue weighted by atomic mass is 9.91. The van der Waals surface area contributed by atoms with Crippen LogP contribution in [0.2, 0.25) is 0 Å². The number of hydrogen-bond acceptors (Lipinski definition) is 4. The monoisotopic (exact) mass is 298 g/mol. The molecule has 0 aromatic heterocycles. The number of rotatable bonds is 2. The molecule has 1 aliphatic heterocycles. The zero-order valence-electron chi connectivity index (χ0n) is 13.7. The molecule has 116 valence electrons. The largest absolute Gasteiger partial charge is 0.365 e. The minimum Gasteiger partial charge on any atom is -0.365 e. The van der Waals surface area contributed by atoms with Crippen LogP contribution in [0.25, 0.3) is 11.1 Å². The number of piperazine rings is 1. The first-order chi connectivity index (χ1) is 10.4. The number of anilines is 1. The van der Waals surface area contributed by atoms with E-state index in [4.69, 9.17) is 0 Å². The van der Waals surface area contributed by atoms with Crippen molar-refractivity contribution in [3.05, 3.63) is 49.3 Å². The summed E-state index contributed by atoms with van der Waals surface area (Å²) in [5.74, 6) is 0. The fourth-order valence-corrected chi connectivity index (χ4v) is 3.19. The molecule has 4 nitrogen and oxygen atoms in total. The third-order valence-corrected chi connectivity index (χ3v) is 4.81. The van der Waals surface area contributed by atoms with Crippen molar-refractivity contribution in [3.63, 3.8) is 0 Å². The maximum atomic E-state index is 12.2. The molecule has 2 aromatic carbocycles. The molecule has 0 radical (unpaired) electrons. The molecular weight excluding hydrogens is 276 g/mol. The van der Waals surface area contributed by atoms with Crippen LogP contribution in [0, 0.1) is 20.8 Å². The molecule has 0 amide bonds. The number of nitrogens with zero attached hydrogens (tertiary/aromatic N) is 2. The number of benzene rings is 1. The van der Waals surface area contributed by atoms with E-state index in [-0.39, 0.29) is 10.9 Å². The van der Waals surface area contributed by atoms with Gasteiger partial charge in [0.05, 0.1) is 5.56 Å². The van der Waals surface area contributed by atoms with E-state index in [1.807, 2.05) is 19.9 Å². The van der Waals surface area contributed by atoms with E-state index in [1.54, 1.807) is 0 Å². The van der Waals surface area contributed by atoms with Gasteiger partial charge in [-0.05, 0) is 50.1 Å². The maximum absolute atomic E-state index is 12.2. The summed E-state index contributed by atoms with van der Waals surface area (Å²) < 4.78 is 0. The lowest BCUT2D eigenvalue weighted by Crippen LogP contribution is -2.50. The highest BCUT2D eigenvalue weighted by molar-refractivity contribution is 5.84. The first-order valence-electron chi connectivity index (χ1n) is 7.75. The van der Waals surface area contributed by atoms with E-state index in [1.165, 1.54) is 5.56 Å². The molecule has 2 aromatic rings. The number of aryl methyl sites for hydroxylation is 3. The van der Waals surface area contributed by atoms with Crippen LogP contribution < -0.4 is 15.8 Å². The predicted octanol–water partition coefficient (Wildman–Crippen LogP) is 1.63. The normalized spacial score (nSPS) is 16.5. The summed E-state index contributed by atoms with van der Waals surface area (Å²) in [6.07, 6.45) is 0. The Kier molecular flexibility index (Phi) is 3.65. The molecular formula is C18H22N2O2. The first-order valence-corrected chi connectivity index (χ1v) is 7.75. The van der Waals surface area contributed by atoms with Gasteiger partial charge in [-0.1, -0.05) is 12.1 Å². The molecule has 0 unspecified atom stereocenters. The minimum atomic E-state index is -0.333. The van der Waals surface area contributed by atoms with Crippen LogP contribution in [-0.4, -0.2) is 38.1 Å². The Hall–Kier alpha value is -1.94. The molecule has 0 spiro atoms. The highest BCUT2D eigenvalue weighted by Gasteiger charge is 2.29. The molecule has 0 bridgehead atoms. The average molecular weight is 298 g/mol. The van der Waals surface area contributed by atoms with E-state index >= 15 is 0 Å². The van der Waals surface area contributed by atoms with Gasteiger partial charge in [0.2, 0.25) is 10.9 Å². The van der Waals surface area contributed by atoms with Crippen LogP contribution in [0.5, 0.6) is 0 Å². The van der Waals surface area contributed by atoms with Gasteiger partial charge in [0, 0.05) is 26.2 Å². The lowest BCUT2D eigenvalue weighted by Gasteiger charge is -2.35. The standard InChI is InChI=1S/C18H22N2O2/c1-11-9-13(3)14(10-12(11)2)15-16(18(22)17(15)21)20-7-5-19(4)6-8-20/h9-10H,5-8H2,1-4H3. The van der Waals surface area contributed by atoms with E-state index in [2.05, 4.69) is 29.8 Å². The maximum Gasteiger partial charge on any atom is 0.250 e. The predicted molar refractivity (Wildman–Crippen MR) is 90.7 cm³/mol. The third-order valence-electron chi connectivity index (χ3n) is 4.81. The topological polar surface area (TPSA) is 40.6 Å². The SMILES string of the molecule is Cc1cc(C)c(-c2c(N3CCN(C)CC3)c(=O)c2=O)cc1C. The second kappa shape index (κ2) is 5.36. The van der Waals surface area contributed by atoms with Crippen LogP contribution in [0.4, 0.5) is 5.69 Å². The number of hydrogen-bond donors (Lipinski definition) is 0. The van der Waals surface area contributed by atoms with Gasteiger partial charge in [0.15, 0.2) is 0 Å². The molecule has 3 rings (SSSR count). The van der Waals surface area contributed by atoms with E-state index in [0.717, 1.165) is 42.9 Å². The summed E-state index contributed by atoms with van der Waals surface area (Å²) in [5.41, 5.74) is 4.93. The van der Waals surface area contributed by atoms with Crippen molar-refractivity contribution in [2.75, 3.05) is 38.1 Å². The van der Waals surface area contributed by atoms with Crippen LogP contribution in [0.15, 0.2) is 21.7 Å². The molecule has 0 saturated carbocycles. The zero-order valence-corrected chi connectivity index (χ0v) is 13.7. The van der Waals surface area contributed by atoms with Crippen LogP contribution in [0.1, 0.15) is 16.7 Å². The molecule has 1 saturated heterocycles. The Morgan fingerprint density at radius 1 is 0.818 bits per heavy atom. The Labute approximate surface area is 130 Å². The molecule has 22 heavy (non-hydrogen) atoms. The Bertz CT molecular complexity index is 792.